The SMILES string of the molecule is COCCN1CC(C(=O)N(Cc2ccncc2)C2CCCCC2)CC1=O. The van der Waals surface area contributed by atoms with E-state index in [1.165, 1.54) is 19.3 Å². The Morgan fingerprint density at radius 1 is 1.27 bits per heavy atom. The third kappa shape index (κ3) is 4.61. The minimum atomic E-state index is -0.233. The van der Waals surface area contributed by atoms with E-state index < -0.39 is 0 Å². The molecule has 1 saturated carbocycles. The Hall–Kier alpha value is -1.95. The molecule has 6 nitrogen and oxygen atoms in total. The molecule has 0 aromatic carbocycles. The van der Waals surface area contributed by atoms with Gasteiger partial charge in [-0.3, -0.25) is 14.6 Å². The zero-order valence-corrected chi connectivity index (χ0v) is 15.6. The van der Waals surface area contributed by atoms with Crippen molar-refractivity contribution < 1.29 is 14.3 Å². The van der Waals surface area contributed by atoms with Crippen molar-refractivity contribution in [3.05, 3.63) is 30.1 Å². The largest absolute Gasteiger partial charge is 0.383 e. The first-order chi connectivity index (χ1) is 12.7. The van der Waals surface area contributed by atoms with E-state index in [2.05, 4.69) is 4.98 Å². The van der Waals surface area contributed by atoms with Crippen molar-refractivity contribution in [1.29, 1.82) is 0 Å². The van der Waals surface area contributed by atoms with Crippen LogP contribution in [0.1, 0.15) is 44.1 Å². The van der Waals surface area contributed by atoms with E-state index in [0.717, 1.165) is 18.4 Å². The highest BCUT2D eigenvalue weighted by atomic mass is 16.5. The monoisotopic (exact) mass is 359 g/mol. The Bertz CT molecular complexity index is 602. The van der Waals surface area contributed by atoms with E-state index >= 15 is 0 Å². The minimum Gasteiger partial charge on any atom is -0.383 e. The lowest BCUT2D eigenvalue weighted by atomic mass is 9.92. The number of rotatable bonds is 7. The van der Waals surface area contributed by atoms with E-state index in [0.29, 0.717) is 32.7 Å². The summed E-state index contributed by atoms with van der Waals surface area (Å²) < 4.78 is 5.07. The molecule has 1 unspecified atom stereocenters. The molecule has 2 heterocycles. The van der Waals surface area contributed by atoms with Gasteiger partial charge in [-0.05, 0) is 30.5 Å². The van der Waals surface area contributed by atoms with Gasteiger partial charge in [0.2, 0.25) is 11.8 Å². The second-order valence-corrected chi connectivity index (χ2v) is 7.35. The summed E-state index contributed by atoms with van der Waals surface area (Å²) in [5.74, 6) is -0.0435. The molecule has 2 amide bonds. The molecular formula is C20H29N3O3. The number of likely N-dealkylation sites (tertiary alicyclic amines) is 1. The van der Waals surface area contributed by atoms with Crippen LogP contribution in [0.3, 0.4) is 0 Å². The summed E-state index contributed by atoms with van der Waals surface area (Å²) in [6.45, 7) is 2.19. The predicted octanol–water partition coefficient (Wildman–Crippen LogP) is 2.24. The lowest BCUT2D eigenvalue weighted by Gasteiger charge is -2.36. The van der Waals surface area contributed by atoms with E-state index in [-0.39, 0.29) is 23.8 Å². The first-order valence-electron chi connectivity index (χ1n) is 9.65. The zero-order valence-electron chi connectivity index (χ0n) is 15.6. The molecule has 1 atom stereocenters. The summed E-state index contributed by atoms with van der Waals surface area (Å²) >= 11 is 0. The quantitative estimate of drug-likeness (QED) is 0.749. The van der Waals surface area contributed by atoms with Crippen LogP contribution in [0, 0.1) is 5.92 Å². The van der Waals surface area contributed by atoms with Gasteiger partial charge in [0.1, 0.15) is 0 Å². The number of nitrogens with zero attached hydrogens (tertiary/aromatic N) is 3. The Kier molecular flexibility index (Phi) is 6.61. The Morgan fingerprint density at radius 3 is 2.69 bits per heavy atom. The molecule has 1 aliphatic carbocycles. The van der Waals surface area contributed by atoms with Gasteiger partial charge in [0.25, 0.3) is 0 Å². The molecule has 3 rings (SSSR count). The molecule has 2 fully saturated rings. The first kappa shape index (κ1) is 18.8. The fraction of sp³-hybridized carbons (Fsp3) is 0.650. The van der Waals surface area contributed by atoms with Crippen molar-refractivity contribution in [3.8, 4) is 0 Å². The molecular weight excluding hydrogens is 330 g/mol. The van der Waals surface area contributed by atoms with Crippen LogP contribution in [-0.4, -0.2) is 59.4 Å². The van der Waals surface area contributed by atoms with Gasteiger partial charge in [0.15, 0.2) is 0 Å². The van der Waals surface area contributed by atoms with E-state index in [1.54, 1.807) is 24.4 Å². The average Bonchev–Trinajstić information content (AvgIpc) is 3.06. The topological polar surface area (TPSA) is 62.7 Å². The fourth-order valence-electron chi connectivity index (χ4n) is 4.05. The number of hydrogen-bond donors (Lipinski definition) is 0. The van der Waals surface area contributed by atoms with Gasteiger partial charge in [-0.15, -0.1) is 0 Å². The summed E-state index contributed by atoms with van der Waals surface area (Å²) in [4.78, 5) is 33.4. The van der Waals surface area contributed by atoms with Crippen molar-refractivity contribution in [2.45, 2.75) is 51.1 Å². The molecule has 2 aliphatic rings. The molecule has 0 spiro atoms. The Balaban J connectivity index is 1.71. The van der Waals surface area contributed by atoms with E-state index in [9.17, 15) is 9.59 Å². The van der Waals surface area contributed by atoms with Crippen LogP contribution in [0.15, 0.2) is 24.5 Å². The van der Waals surface area contributed by atoms with Gasteiger partial charge in [-0.1, -0.05) is 19.3 Å². The second-order valence-electron chi connectivity index (χ2n) is 7.35. The minimum absolute atomic E-state index is 0.0629. The summed E-state index contributed by atoms with van der Waals surface area (Å²) in [5, 5.41) is 0. The smallest absolute Gasteiger partial charge is 0.228 e. The van der Waals surface area contributed by atoms with Gasteiger partial charge < -0.3 is 14.5 Å². The van der Waals surface area contributed by atoms with Crippen molar-refractivity contribution in [2.75, 3.05) is 26.8 Å². The van der Waals surface area contributed by atoms with Crippen molar-refractivity contribution in [3.63, 3.8) is 0 Å². The molecule has 0 N–H and O–H groups in total. The third-order valence-corrected chi connectivity index (χ3v) is 5.53. The summed E-state index contributed by atoms with van der Waals surface area (Å²) in [6, 6.07) is 4.22. The number of amides is 2. The maximum atomic E-state index is 13.3. The van der Waals surface area contributed by atoms with Crippen LogP contribution in [0.4, 0.5) is 0 Å². The molecule has 6 heteroatoms. The normalized spacial score (nSPS) is 21.2. The van der Waals surface area contributed by atoms with E-state index in [1.807, 2.05) is 17.0 Å². The first-order valence-corrected chi connectivity index (χ1v) is 9.65. The number of methoxy groups -OCH3 is 1. The van der Waals surface area contributed by atoms with Crippen molar-refractivity contribution in [2.24, 2.45) is 5.92 Å². The van der Waals surface area contributed by atoms with Crippen molar-refractivity contribution >= 4 is 11.8 Å². The van der Waals surface area contributed by atoms with Gasteiger partial charge in [0.05, 0.1) is 12.5 Å². The van der Waals surface area contributed by atoms with Crippen molar-refractivity contribution in [1.82, 2.24) is 14.8 Å². The molecule has 1 aromatic heterocycles. The summed E-state index contributed by atoms with van der Waals surface area (Å²) in [5.41, 5.74) is 1.10. The number of carbonyl (C=O) groups excluding carboxylic acids is 2. The van der Waals surface area contributed by atoms with Crippen LogP contribution >= 0.6 is 0 Å². The number of aromatic nitrogens is 1. The number of carbonyl (C=O) groups is 2. The molecule has 1 aliphatic heterocycles. The summed E-state index contributed by atoms with van der Waals surface area (Å²) in [7, 11) is 1.63. The number of ether oxygens (including phenoxy) is 1. The lowest BCUT2D eigenvalue weighted by Crippen LogP contribution is -2.44. The van der Waals surface area contributed by atoms with Crippen LogP contribution in [0.25, 0.3) is 0 Å². The highest BCUT2D eigenvalue weighted by Gasteiger charge is 2.38. The van der Waals surface area contributed by atoms with Gasteiger partial charge in [-0.2, -0.15) is 0 Å². The molecule has 142 valence electrons. The highest BCUT2D eigenvalue weighted by Crippen LogP contribution is 2.28. The van der Waals surface area contributed by atoms with Crippen LogP contribution in [0.2, 0.25) is 0 Å². The van der Waals surface area contributed by atoms with Crippen LogP contribution < -0.4 is 0 Å². The van der Waals surface area contributed by atoms with Crippen LogP contribution in [0.5, 0.6) is 0 Å². The van der Waals surface area contributed by atoms with Gasteiger partial charge in [0, 0.05) is 51.6 Å². The lowest BCUT2D eigenvalue weighted by molar-refractivity contribution is -0.139. The summed E-state index contributed by atoms with van der Waals surface area (Å²) in [6.07, 6.45) is 9.58. The molecule has 0 radical (unpaired) electrons. The predicted molar refractivity (Wildman–Crippen MR) is 98.2 cm³/mol. The standard InChI is InChI=1S/C20H29N3O3/c1-26-12-11-22-15-17(13-19(22)24)20(25)23(18-5-3-2-4-6-18)14-16-7-9-21-10-8-16/h7-10,17-18H,2-6,11-15H2,1H3. The number of hydrogen-bond acceptors (Lipinski definition) is 4. The van der Waals surface area contributed by atoms with Gasteiger partial charge in [-0.25, -0.2) is 0 Å². The third-order valence-electron chi connectivity index (χ3n) is 5.53. The van der Waals surface area contributed by atoms with Crippen LogP contribution in [-0.2, 0) is 20.9 Å². The van der Waals surface area contributed by atoms with E-state index in [4.69, 9.17) is 4.74 Å². The van der Waals surface area contributed by atoms with Gasteiger partial charge >= 0.3 is 0 Å². The molecule has 1 aromatic rings. The maximum absolute atomic E-state index is 13.3. The maximum Gasteiger partial charge on any atom is 0.228 e. The molecule has 1 saturated heterocycles. The zero-order chi connectivity index (χ0) is 18.4. The number of pyridine rings is 1. The highest BCUT2D eigenvalue weighted by molar-refractivity contribution is 5.89. The fourth-order valence-corrected chi connectivity index (χ4v) is 4.05. The molecule has 0 bridgehead atoms. The Morgan fingerprint density at radius 2 is 2.00 bits per heavy atom. The Labute approximate surface area is 155 Å². The second kappa shape index (κ2) is 9.12. The average molecular weight is 359 g/mol. The molecule has 26 heavy (non-hydrogen) atoms.